The van der Waals surface area contributed by atoms with E-state index in [1.165, 1.54) is 16.7 Å². The highest BCUT2D eigenvalue weighted by molar-refractivity contribution is 5.38. The first-order valence-electron chi connectivity index (χ1n) is 7.91. The molecule has 1 aromatic heterocycles. The topological polar surface area (TPSA) is 50.1 Å². The smallest absolute Gasteiger partial charge is 0.102 e. The second kappa shape index (κ2) is 5.52. The van der Waals surface area contributed by atoms with Gasteiger partial charge in [0.15, 0.2) is 0 Å². The van der Waals surface area contributed by atoms with E-state index in [9.17, 15) is 5.11 Å². The van der Waals surface area contributed by atoms with Gasteiger partial charge in [0.2, 0.25) is 0 Å². The van der Waals surface area contributed by atoms with Crippen molar-refractivity contribution in [3.05, 3.63) is 52.8 Å². The fourth-order valence-corrected chi connectivity index (χ4v) is 3.38. The van der Waals surface area contributed by atoms with Crippen molar-refractivity contribution in [2.75, 3.05) is 6.54 Å². The lowest BCUT2D eigenvalue weighted by molar-refractivity contribution is 0.0521. The molecule has 118 valence electrons. The predicted octanol–water partition coefficient (Wildman–Crippen LogP) is 2.46. The molecule has 4 nitrogen and oxygen atoms in total. The first kappa shape index (κ1) is 15.3. The zero-order chi connectivity index (χ0) is 15.9. The Morgan fingerprint density at radius 1 is 1.45 bits per heavy atom. The van der Waals surface area contributed by atoms with Gasteiger partial charge in [-0.2, -0.15) is 5.10 Å². The van der Waals surface area contributed by atoms with Crippen molar-refractivity contribution in [2.24, 2.45) is 13.0 Å². The van der Waals surface area contributed by atoms with Gasteiger partial charge in [-0.05, 0) is 37.3 Å². The molecule has 1 aliphatic carbocycles. The van der Waals surface area contributed by atoms with Gasteiger partial charge in [-0.25, -0.2) is 0 Å². The number of aromatic nitrogens is 2. The molecule has 3 rings (SSSR count). The second-order valence-corrected chi connectivity index (χ2v) is 6.92. The molecular formula is C18H25N3O. The van der Waals surface area contributed by atoms with Crippen molar-refractivity contribution in [1.29, 1.82) is 0 Å². The summed E-state index contributed by atoms with van der Waals surface area (Å²) < 4.78 is 1.72. The molecule has 4 heteroatoms. The van der Waals surface area contributed by atoms with E-state index in [1.54, 1.807) is 10.9 Å². The van der Waals surface area contributed by atoms with Crippen LogP contribution in [-0.4, -0.2) is 21.4 Å². The Labute approximate surface area is 132 Å². The Morgan fingerprint density at radius 2 is 2.23 bits per heavy atom. The zero-order valence-electron chi connectivity index (χ0n) is 13.8. The number of rotatable bonds is 4. The Morgan fingerprint density at radius 3 is 2.91 bits per heavy atom. The fraction of sp³-hybridized carbons (Fsp3) is 0.500. The summed E-state index contributed by atoms with van der Waals surface area (Å²) in [5.74, 6) is 0.543. The van der Waals surface area contributed by atoms with Gasteiger partial charge in [-0.1, -0.05) is 30.7 Å². The first-order chi connectivity index (χ1) is 10.4. The molecule has 2 aromatic rings. The lowest BCUT2D eigenvalue weighted by Crippen LogP contribution is -2.38. The van der Waals surface area contributed by atoms with Crippen LogP contribution in [0.15, 0.2) is 30.6 Å². The highest BCUT2D eigenvalue weighted by Crippen LogP contribution is 2.36. The van der Waals surface area contributed by atoms with Gasteiger partial charge in [0.25, 0.3) is 0 Å². The third kappa shape index (κ3) is 2.81. The van der Waals surface area contributed by atoms with Crippen molar-refractivity contribution >= 4 is 0 Å². The molecule has 0 amide bonds. The Kier molecular flexibility index (Phi) is 3.83. The maximum absolute atomic E-state index is 10.7. The van der Waals surface area contributed by atoms with E-state index in [2.05, 4.69) is 42.5 Å². The molecule has 0 fully saturated rings. The van der Waals surface area contributed by atoms with Gasteiger partial charge in [0.1, 0.15) is 5.60 Å². The summed E-state index contributed by atoms with van der Waals surface area (Å²) in [6.07, 6.45) is 4.71. The summed E-state index contributed by atoms with van der Waals surface area (Å²) in [6.45, 7) is 6.76. The maximum atomic E-state index is 10.7. The zero-order valence-corrected chi connectivity index (χ0v) is 13.8. The number of benzene rings is 1. The van der Waals surface area contributed by atoms with Gasteiger partial charge in [-0.15, -0.1) is 0 Å². The summed E-state index contributed by atoms with van der Waals surface area (Å²) in [4.78, 5) is 0. The third-order valence-electron chi connectivity index (χ3n) is 4.74. The lowest BCUT2D eigenvalue weighted by atomic mass is 9.96. The highest BCUT2D eigenvalue weighted by atomic mass is 16.3. The fourth-order valence-electron chi connectivity index (χ4n) is 3.38. The minimum Gasteiger partial charge on any atom is -0.384 e. The number of aliphatic hydroxyl groups is 1. The average Bonchev–Trinajstić information content (AvgIpc) is 3.00. The van der Waals surface area contributed by atoms with E-state index in [0.29, 0.717) is 18.5 Å². The summed E-state index contributed by atoms with van der Waals surface area (Å²) in [6, 6.07) is 7.00. The number of nitrogens with one attached hydrogen (secondary N) is 1. The Hall–Kier alpha value is -1.65. The van der Waals surface area contributed by atoms with Crippen LogP contribution in [0.5, 0.6) is 0 Å². The molecule has 1 aliphatic rings. The molecular weight excluding hydrogens is 274 g/mol. The van der Waals surface area contributed by atoms with Crippen LogP contribution in [0, 0.1) is 12.8 Å². The van der Waals surface area contributed by atoms with Gasteiger partial charge in [0, 0.05) is 31.4 Å². The van der Waals surface area contributed by atoms with Crippen molar-refractivity contribution in [3.8, 4) is 0 Å². The van der Waals surface area contributed by atoms with Crippen LogP contribution in [0.2, 0.25) is 0 Å². The number of fused-ring (bicyclic) bond motifs is 1. The summed E-state index contributed by atoms with van der Waals surface area (Å²) >= 11 is 0. The molecule has 22 heavy (non-hydrogen) atoms. The summed E-state index contributed by atoms with van der Waals surface area (Å²) in [7, 11) is 1.87. The molecule has 0 radical (unpaired) electrons. The van der Waals surface area contributed by atoms with Crippen molar-refractivity contribution in [1.82, 2.24) is 15.1 Å². The minimum atomic E-state index is -0.916. The van der Waals surface area contributed by atoms with Crippen LogP contribution in [-0.2, 0) is 19.1 Å². The van der Waals surface area contributed by atoms with Crippen molar-refractivity contribution < 1.29 is 5.11 Å². The standard InChI is InChI=1S/C18H25N3O/c1-12-5-6-14-8-13(2)17(16(14)7-12)19-11-18(3,22)15-9-20-21(4)10-15/h5-7,9-10,13,17,19,22H,8,11H2,1-4H3/t13-,17+,18-/m0/s1. The maximum Gasteiger partial charge on any atom is 0.102 e. The molecule has 0 spiro atoms. The normalized spacial score (nSPS) is 23.3. The van der Waals surface area contributed by atoms with Gasteiger partial charge < -0.3 is 10.4 Å². The van der Waals surface area contributed by atoms with Crippen LogP contribution < -0.4 is 5.32 Å². The molecule has 1 aromatic carbocycles. The van der Waals surface area contributed by atoms with E-state index < -0.39 is 5.60 Å². The van der Waals surface area contributed by atoms with E-state index in [4.69, 9.17) is 0 Å². The van der Waals surface area contributed by atoms with Crippen LogP contribution in [0.25, 0.3) is 0 Å². The molecule has 1 heterocycles. The van der Waals surface area contributed by atoms with Crippen LogP contribution in [0.3, 0.4) is 0 Å². The van der Waals surface area contributed by atoms with E-state index in [1.807, 2.05) is 20.2 Å². The largest absolute Gasteiger partial charge is 0.384 e. The summed E-state index contributed by atoms with van der Waals surface area (Å²) in [5.41, 5.74) is 4.03. The van der Waals surface area contributed by atoms with E-state index >= 15 is 0 Å². The predicted molar refractivity (Wildman–Crippen MR) is 87.6 cm³/mol. The number of hydrogen-bond acceptors (Lipinski definition) is 3. The minimum absolute atomic E-state index is 0.304. The van der Waals surface area contributed by atoms with E-state index in [0.717, 1.165) is 12.0 Å². The Balaban J connectivity index is 1.75. The van der Waals surface area contributed by atoms with Crippen LogP contribution in [0.1, 0.15) is 42.1 Å². The van der Waals surface area contributed by atoms with Gasteiger partial charge >= 0.3 is 0 Å². The van der Waals surface area contributed by atoms with Gasteiger partial charge in [0.05, 0.1) is 6.20 Å². The summed E-state index contributed by atoms with van der Waals surface area (Å²) in [5, 5.41) is 18.5. The van der Waals surface area contributed by atoms with E-state index in [-0.39, 0.29) is 0 Å². The number of nitrogens with zero attached hydrogens (tertiary/aromatic N) is 2. The molecule has 0 saturated carbocycles. The van der Waals surface area contributed by atoms with Crippen molar-refractivity contribution in [2.45, 2.75) is 38.8 Å². The van der Waals surface area contributed by atoms with Crippen LogP contribution in [0.4, 0.5) is 0 Å². The second-order valence-electron chi connectivity index (χ2n) is 6.92. The monoisotopic (exact) mass is 299 g/mol. The quantitative estimate of drug-likeness (QED) is 0.912. The third-order valence-corrected chi connectivity index (χ3v) is 4.74. The number of hydrogen-bond donors (Lipinski definition) is 2. The van der Waals surface area contributed by atoms with Crippen LogP contribution >= 0.6 is 0 Å². The molecule has 2 N–H and O–H groups in total. The molecule has 0 aliphatic heterocycles. The van der Waals surface area contributed by atoms with Gasteiger partial charge in [-0.3, -0.25) is 4.68 Å². The molecule has 0 saturated heterocycles. The SMILES string of the molecule is Cc1ccc2c(c1)[C@H](NC[C@](C)(O)c1cnn(C)c1)[C@@H](C)C2. The average molecular weight is 299 g/mol. The molecule has 3 atom stereocenters. The van der Waals surface area contributed by atoms with Crippen molar-refractivity contribution in [3.63, 3.8) is 0 Å². The molecule has 0 unspecified atom stereocenters. The first-order valence-corrected chi connectivity index (χ1v) is 7.91. The Bertz CT molecular complexity index is 675. The highest BCUT2D eigenvalue weighted by Gasteiger charge is 2.32. The molecule has 0 bridgehead atoms. The number of aryl methyl sites for hydroxylation is 2. The lowest BCUT2D eigenvalue weighted by Gasteiger charge is -2.27.